The van der Waals surface area contributed by atoms with Crippen molar-refractivity contribution >= 4 is 23.2 Å². The minimum atomic E-state index is -0.225. The van der Waals surface area contributed by atoms with E-state index in [0.29, 0.717) is 22.2 Å². The van der Waals surface area contributed by atoms with Crippen LogP contribution in [0.25, 0.3) is 0 Å². The van der Waals surface area contributed by atoms with E-state index in [4.69, 9.17) is 27.9 Å². The zero-order chi connectivity index (χ0) is 14.5. The Morgan fingerprint density at radius 1 is 1.15 bits per heavy atom. The molecule has 0 spiro atoms. The van der Waals surface area contributed by atoms with Gasteiger partial charge in [0.15, 0.2) is 0 Å². The summed E-state index contributed by atoms with van der Waals surface area (Å²) in [5.74, 6) is 0.409. The summed E-state index contributed by atoms with van der Waals surface area (Å²) in [4.78, 5) is 0. The third-order valence-corrected chi connectivity index (χ3v) is 3.63. The molecule has 0 saturated carbocycles. The molecule has 0 fully saturated rings. The first kappa shape index (κ1) is 14.7. The number of nitrogens with zero attached hydrogens (tertiary/aromatic N) is 1. The van der Waals surface area contributed by atoms with Crippen molar-refractivity contribution in [2.75, 3.05) is 7.11 Å². The molecule has 1 atom stereocenters. The van der Waals surface area contributed by atoms with E-state index in [1.54, 1.807) is 19.2 Å². The molecule has 0 amide bonds. The Morgan fingerprint density at radius 2 is 1.85 bits per heavy atom. The third-order valence-electron chi connectivity index (χ3n) is 3.08. The van der Waals surface area contributed by atoms with Crippen molar-refractivity contribution in [1.82, 2.24) is 0 Å². The topological polar surface area (TPSA) is 33.0 Å². The van der Waals surface area contributed by atoms with Crippen molar-refractivity contribution in [3.05, 3.63) is 63.6 Å². The molecule has 0 bridgehead atoms. The van der Waals surface area contributed by atoms with Crippen LogP contribution in [-0.4, -0.2) is 7.11 Å². The number of hydrogen-bond donors (Lipinski definition) is 0. The van der Waals surface area contributed by atoms with Gasteiger partial charge in [-0.25, -0.2) is 0 Å². The lowest BCUT2D eigenvalue weighted by atomic mass is 9.93. The molecule has 2 aromatic carbocycles. The van der Waals surface area contributed by atoms with Gasteiger partial charge in [-0.05, 0) is 41.8 Å². The van der Waals surface area contributed by atoms with E-state index in [-0.39, 0.29) is 5.92 Å². The Labute approximate surface area is 128 Å². The van der Waals surface area contributed by atoms with Crippen LogP contribution in [0, 0.1) is 11.3 Å². The molecule has 0 N–H and O–H groups in total. The summed E-state index contributed by atoms with van der Waals surface area (Å²) >= 11 is 12.0. The maximum absolute atomic E-state index is 9.34. The Balaban J connectivity index is 2.20. The van der Waals surface area contributed by atoms with Gasteiger partial charge in [-0.2, -0.15) is 5.26 Å². The third kappa shape index (κ3) is 3.45. The number of nitriles is 1. The van der Waals surface area contributed by atoms with Crippen molar-refractivity contribution in [2.45, 2.75) is 12.3 Å². The largest absolute Gasteiger partial charge is 0.495 e. The quantitative estimate of drug-likeness (QED) is 0.808. The van der Waals surface area contributed by atoms with Gasteiger partial charge in [-0.15, -0.1) is 0 Å². The molecule has 2 aromatic rings. The second kappa shape index (κ2) is 6.65. The molecule has 4 heteroatoms. The highest BCUT2D eigenvalue weighted by Crippen LogP contribution is 2.28. The van der Waals surface area contributed by atoms with E-state index in [1.807, 2.05) is 30.3 Å². The van der Waals surface area contributed by atoms with Gasteiger partial charge >= 0.3 is 0 Å². The summed E-state index contributed by atoms with van der Waals surface area (Å²) < 4.78 is 5.12. The smallest absolute Gasteiger partial charge is 0.137 e. The first-order valence-corrected chi connectivity index (χ1v) is 6.87. The second-order valence-electron chi connectivity index (χ2n) is 4.41. The fourth-order valence-electron chi connectivity index (χ4n) is 2.01. The zero-order valence-electron chi connectivity index (χ0n) is 10.9. The van der Waals surface area contributed by atoms with Crippen LogP contribution in [0.1, 0.15) is 17.0 Å². The summed E-state index contributed by atoms with van der Waals surface area (Å²) in [6.07, 6.45) is 0.599. The Hall–Kier alpha value is -1.69. The zero-order valence-corrected chi connectivity index (χ0v) is 12.4. The fraction of sp³-hybridized carbons (Fsp3) is 0.188. The number of halogens is 2. The lowest BCUT2D eigenvalue weighted by Gasteiger charge is -2.11. The molecule has 0 aliphatic heterocycles. The monoisotopic (exact) mass is 305 g/mol. The molecular weight excluding hydrogens is 293 g/mol. The lowest BCUT2D eigenvalue weighted by Crippen LogP contribution is -2.00. The SMILES string of the molecule is COc1ccc(CC(C#N)c2ccc(Cl)cc2)cc1Cl. The average molecular weight is 306 g/mol. The predicted octanol–water partition coefficient (Wildman–Crippen LogP) is 4.85. The van der Waals surface area contributed by atoms with Gasteiger partial charge < -0.3 is 4.74 Å². The van der Waals surface area contributed by atoms with Gasteiger partial charge in [-0.1, -0.05) is 41.4 Å². The van der Waals surface area contributed by atoms with Crippen LogP contribution in [0.4, 0.5) is 0 Å². The van der Waals surface area contributed by atoms with Crippen LogP contribution in [0.2, 0.25) is 10.0 Å². The summed E-state index contributed by atoms with van der Waals surface area (Å²) in [6, 6.07) is 15.2. The van der Waals surface area contributed by atoms with E-state index >= 15 is 0 Å². The summed E-state index contributed by atoms with van der Waals surface area (Å²) in [6.45, 7) is 0. The van der Waals surface area contributed by atoms with E-state index < -0.39 is 0 Å². The molecule has 0 aliphatic carbocycles. The maximum Gasteiger partial charge on any atom is 0.137 e. The predicted molar refractivity (Wildman–Crippen MR) is 81.5 cm³/mol. The normalized spacial score (nSPS) is 11.7. The van der Waals surface area contributed by atoms with Crippen LogP contribution >= 0.6 is 23.2 Å². The first-order chi connectivity index (χ1) is 9.63. The van der Waals surface area contributed by atoms with Crippen molar-refractivity contribution in [1.29, 1.82) is 5.26 Å². The molecule has 0 aliphatic rings. The Morgan fingerprint density at radius 3 is 2.40 bits per heavy atom. The van der Waals surface area contributed by atoms with E-state index in [2.05, 4.69) is 6.07 Å². The van der Waals surface area contributed by atoms with E-state index in [0.717, 1.165) is 11.1 Å². The molecular formula is C16H13Cl2NO. The second-order valence-corrected chi connectivity index (χ2v) is 5.25. The molecule has 0 aromatic heterocycles. The number of hydrogen-bond acceptors (Lipinski definition) is 2. The van der Waals surface area contributed by atoms with Crippen molar-refractivity contribution in [2.24, 2.45) is 0 Å². The standard InChI is InChI=1S/C16H13Cl2NO/c1-20-16-7-2-11(9-15(16)18)8-13(10-19)12-3-5-14(17)6-4-12/h2-7,9,13H,8H2,1H3. The number of methoxy groups -OCH3 is 1. The molecule has 2 rings (SSSR count). The molecule has 0 saturated heterocycles. The maximum atomic E-state index is 9.34. The minimum absolute atomic E-state index is 0.225. The lowest BCUT2D eigenvalue weighted by molar-refractivity contribution is 0.415. The van der Waals surface area contributed by atoms with E-state index in [9.17, 15) is 5.26 Å². The highest BCUT2D eigenvalue weighted by atomic mass is 35.5. The molecule has 0 heterocycles. The van der Waals surface area contributed by atoms with Gasteiger partial charge in [0.25, 0.3) is 0 Å². The summed E-state index contributed by atoms with van der Waals surface area (Å²) in [7, 11) is 1.58. The van der Waals surface area contributed by atoms with Crippen LogP contribution in [-0.2, 0) is 6.42 Å². The average Bonchev–Trinajstić information content (AvgIpc) is 2.46. The minimum Gasteiger partial charge on any atom is -0.495 e. The summed E-state index contributed by atoms with van der Waals surface area (Å²) in [5, 5.41) is 10.6. The first-order valence-electron chi connectivity index (χ1n) is 6.11. The van der Waals surface area contributed by atoms with Gasteiger partial charge in [0.05, 0.1) is 24.1 Å². The molecule has 1 unspecified atom stereocenters. The van der Waals surface area contributed by atoms with Crippen LogP contribution in [0.3, 0.4) is 0 Å². The fourth-order valence-corrected chi connectivity index (χ4v) is 2.41. The molecule has 0 radical (unpaired) electrons. The molecule has 2 nitrogen and oxygen atoms in total. The highest BCUT2D eigenvalue weighted by Gasteiger charge is 2.12. The Kier molecular flexibility index (Phi) is 4.89. The van der Waals surface area contributed by atoms with Crippen molar-refractivity contribution in [3.8, 4) is 11.8 Å². The van der Waals surface area contributed by atoms with Crippen LogP contribution in [0.15, 0.2) is 42.5 Å². The van der Waals surface area contributed by atoms with Crippen LogP contribution < -0.4 is 4.74 Å². The summed E-state index contributed by atoms with van der Waals surface area (Å²) in [5.41, 5.74) is 1.95. The van der Waals surface area contributed by atoms with E-state index in [1.165, 1.54) is 0 Å². The number of rotatable bonds is 4. The van der Waals surface area contributed by atoms with Gasteiger partial charge in [-0.3, -0.25) is 0 Å². The number of ether oxygens (including phenoxy) is 1. The van der Waals surface area contributed by atoms with Gasteiger partial charge in [0.1, 0.15) is 5.75 Å². The van der Waals surface area contributed by atoms with Crippen molar-refractivity contribution < 1.29 is 4.74 Å². The van der Waals surface area contributed by atoms with Crippen molar-refractivity contribution in [3.63, 3.8) is 0 Å². The molecule has 102 valence electrons. The van der Waals surface area contributed by atoms with Crippen LogP contribution in [0.5, 0.6) is 5.75 Å². The van der Waals surface area contributed by atoms with Gasteiger partial charge in [0, 0.05) is 5.02 Å². The molecule has 20 heavy (non-hydrogen) atoms. The highest BCUT2D eigenvalue weighted by molar-refractivity contribution is 6.32. The number of benzene rings is 2. The Bertz CT molecular complexity index is 632. The van der Waals surface area contributed by atoms with Gasteiger partial charge in [0.2, 0.25) is 0 Å².